The molecule has 4 rings (SSSR count). The molecule has 166 valence electrons. The number of nitrogens with one attached hydrogen (secondary N) is 2. The van der Waals surface area contributed by atoms with E-state index < -0.39 is 16.1 Å². The SMILES string of the molecule is CCCN(C)Cc1ccc(S(=O)(=O)NC(=O)Nc2c3c(cc4c2CCC4)CCC3)cc1. The quantitative estimate of drug-likeness (QED) is 0.680. The predicted molar refractivity (Wildman–Crippen MR) is 123 cm³/mol. The summed E-state index contributed by atoms with van der Waals surface area (Å²) in [6, 6.07) is 8.31. The molecular formula is C24H31N3O3S. The normalized spacial score (nSPS) is 15.1. The Morgan fingerprint density at radius 1 is 1.00 bits per heavy atom. The standard InChI is InChI=1S/C24H31N3O3S/c1-3-14-27(2)16-17-10-12-20(13-11-17)31(29,30)26-24(28)25-23-21-8-4-6-18(21)15-19-7-5-9-22(19)23/h10-13,15H,3-9,14,16H2,1-2H3,(H2,25,26,28). The van der Waals surface area contributed by atoms with Crippen molar-refractivity contribution in [3.05, 3.63) is 58.1 Å². The monoisotopic (exact) mass is 441 g/mol. The van der Waals surface area contributed by atoms with E-state index in [1.165, 1.54) is 22.3 Å². The molecule has 0 unspecified atom stereocenters. The smallest absolute Gasteiger partial charge is 0.307 e. The lowest BCUT2D eigenvalue weighted by molar-refractivity contribution is 0.256. The summed E-state index contributed by atoms with van der Waals surface area (Å²) in [6.45, 7) is 3.86. The van der Waals surface area contributed by atoms with Gasteiger partial charge in [0, 0.05) is 12.2 Å². The molecule has 2 aliphatic carbocycles. The molecule has 7 heteroatoms. The van der Waals surface area contributed by atoms with E-state index in [4.69, 9.17) is 0 Å². The molecule has 0 spiro atoms. The average molecular weight is 442 g/mol. The van der Waals surface area contributed by atoms with Crippen molar-refractivity contribution in [2.24, 2.45) is 0 Å². The number of aryl methyl sites for hydroxylation is 2. The van der Waals surface area contributed by atoms with Gasteiger partial charge in [0.05, 0.1) is 4.90 Å². The largest absolute Gasteiger partial charge is 0.333 e. The fraction of sp³-hybridized carbons (Fsp3) is 0.458. The van der Waals surface area contributed by atoms with Gasteiger partial charge in [-0.25, -0.2) is 17.9 Å². The second-order valence-corrected chi connectivity index (χ2v) is 10.4. The fourth-order valence-electron chi connectivity index (χ4n) is 4.83. The molecule has 2 N–H and O–H groups in total. The Balaban J connectivity index is 1.47. The van der Waals surface area contributed by atoms with Gasteiger partial charge in [0.25, 0.3) is 10.0 Å². The maximum absolute atomic E-state index is 12.8. The lowest BCUT2D eigenvalue weighted by Gasteiger charge is -2.17. The Morgan fingerprint density at radius 2 is 1.61 bits per heavy atom. The molecule has 0 bridgehead atoms. The summed E-state index contributed by atoms with van der Waals surface area (Å²) < 4.78 is 27.7. The fourth-order valence-corrected chi connectivity index (χ4v) is 5.74. The molecule has 6 nitrogen and oxygen atoms in total. The molecule has 2 aliphatic rings. The van der Waals surface area contributed by atoms with Gasteiger partial charge in [-0.3, -0.25) is 0 Å². The van der Waals surface area contributed by atoms with E-state index in [-0.39, 0.29) is 4.90 Å². The van der Waals surface area contributed by atoms with Crippen molar-refractivity contribution < 1.29 is 13.2 Å². The highest BCUT2D eigenvalue weighted by molar-refractivity contribution is 7.90. The Labute approximate surface area is 185 Å². The van der Waals surface area contributed by atoms with Gasteiger partial charge in [0.15, 0.2) is 0 Å². The molecule has 0 radical (unpaired) electrons. The van der Waals surface area contributed by atoms with Crippen molar-refractivity contribution >= 4 is 21.7 Å². The van der Waals surface area contributed by atoms with Crippen LogP contribution >= 0.6 is 0 Å². The molecule has 0 aromatic heterocycles. The molecule has 31 heavy (non-hydrogen) atoms. The van der Waals surface area contributed by atoms with Crippen molar-refractivity contribution in [2.75, 3.05) is 18.9 Å². The van der Waals surface area contributed by atoms with Crippen LogP contribution in [0.4, 0.5) is 10.5 Å². The lowest BCUT2D eigenvalue weighted by Crippen LogP contribution is -2.35. The first-order chi connectivity index (χ1) is 14.9. The van der Waals surface area contributed by atoms with Gasteiger partial charge in [0.1, 0.15) is 0 Å². The van der Waals surface area contributed by atoms with Crippen LogP contribution < -0.4 is 10.0 Å². The number of amides is 2. The second-order valence-electron chi connectivity index (χ2n) is 8.68. The summed E-state index contributed by atoms with van der Waals surface area (Å²) in [5, 5.41) is 2.88. The maximum Gasteiger partial charge on any atom is 0.333 e. The van der Waals surface area contributed by atoms with E-state index in [2.05, 4.69) is 27.9 Å². The number of sulfonamides is 1. The summed E-state index contributed by atoms with van der Waals surface area (Å²) in [6.07, 6.45) is 7.13. The Kier molecular flexibility index (Phi) is 6.34. The number of carbonyl (C=O) groups is 1. The van der Waals surface area contributed by atoms with Crippen molar-refractivity contribution in [1.82, 2.24) is 9.62 Å². The number of hydrogen-bond donors (Lipinski definition) is 2. The van der Waals surface area contributed by atoms with Crippen LogP contribution in [0.5, 0.6) is 0 Å². The maximum atomic E-state index is 12.8. The van der Waals surface area contributed by atoms with Gasteiger partial charge in [0.2, 0.25) is 0 Å². The van der Waals surface area contributed by atoms with E-state index >= 15 is 0 Å². The van der Waals surface area contributed by atoms with Crippen LogP contribution in [0.2, 0.25) is 0 Å². The van der Waals surface area contributed by atoms with Gasteiger partial charge in [-0.2, -0.15) is 0 Å². The van der Waals surface area contributed by atoms with Crippen LogP contribution in [0.25, 0.3) is 0 Å². The van der Waals surface area contributed by atoms with Crippen LogP contribution in [0, 0.1) is 0 Å². The van der Waals surface area contributed by atoms with E-state index in [0.29, 0.717) is 0 Å². The number of carbonyl (C=O) groups excluding carboxylic acids is 1. The van der Waals surface area contributed by atoms with Gasteiger partial charge in [-0.1, -0.05) is 25.1 Å². The molecule has 2 aromatic rings. The van der Waals surface area contributed by atoms with Crippen LogP contribution in [-0.4, -0.2) is 32.9 Å². The van der Waals surface area contributed by atoms with E-state index in [0.717, 1.165) is 69.3 Å². The minimum absolute atomic E-state index is 0.0908. The first-order valence-electron chi connectivity index (χ1n) is 11.1. The lowest BCUT2D eigenvalue weighted by atomic mass is 9.99. The average Bonchev–Trinajstić information content (AvgIpc) is 3.37. The van der Waals surface area contributed by atoms with Crippen molar-refractivity contribution in [2.45, 2.75) is 63.3 Å². The Morgan fingerprint density at radius 3 is 2.19 bits per heavy atom. The zero-order chi connectivity index (χ0) is 22.0. The highest BCUT2D eigenvalue weighted by Gasteiger charge is 2.26. The summed E-state index contributed by atoms with van der Waals surface area (Å²) in [4.78, 5) is 15.0. The number of hydrogen-bond acceptors (Lipinski definition) is 4. The highest BCUT2D eigenvalue weighted by atomic mass is 32.2. The van der Waals surface area contributed by atoms with Crippen LogP contribution in [0.15, 0.2) is 35.2 Å². The molecular weight excluding hydrogens is 410 g/mol. The third-order valence-electron chi connectivity index (χ3n) is 6.23. The van der Waals surface area contributed by atoms with Crippen molar-refractivity contribution in [3.63, 3.8) is 0 Å². The Bertz CT molecular complexity index is 1050. The van der Waals surface area contributed by atoms with Crippen molar-refractivity contribution in [3.8, 4) is 0 Å². The van der Waals surface area contributed by atoms with Gasteiger partial charge >= 0.3 is 6.03 Å². The van der Waals surface area contributed by atoms with Crippen LogP contribution in [0.1, 0.15) is 54.0 Å². The first-order valence-corrected chi connectivity index (χ1v) is 12.6. The molecule has 0 heterocycles. The number of fused-ring (bicyclic) bond motifs is 2. The summed E-state index contributed by atoms with van der Waals surface area (Å²) in [5.41, 5.74) is 6.81. The molecule has 0 atom stereocenters. The molecule has 0 fully saturated rings. The third-order valence-corrected chi connectivity index (χ3v) is 7.58. The first kappa shape index (κ1) is 21.8. The molecule has 2 amide bonds. The number of nitrogens with zero attached hydrogens (tertiary/aromatic N) is 1. The van der Waals surface area contributed by atoms with Gasteiger partial charge in [-0.15, -0.1) is 0 Å². The van der Waals surface area contributed by atoms with E-state index in [1.54, 1.807) is 24.3 Å². The molecule has 0 saturated heterocycles. The minimum Gasteiger partial charge on any atom is -0.307 e. The number of benzene rings is 2. The minimum atomic E-state index is -3.94. The van der Waals surface area contributed by atoms with Gasteiger partial charge < -0.3 is 10.2 Å². The number of urea groups is 1. The topological polar surface area (TPSA) is 78.5 Å². The molecule has 0 aliphatic heterocycles. The second kappa shape index (κ2) is 9.01. The Hall–Kier alpha value is -2.38. The summed E-state index contributed by atoms with van der Waals surface area (Å²) in [7, 11) is -1.90. The predicted octanol–water partition coefficient (Wildman–Crippen LogP) is 4.02. The molecule has 0 saturated carbocycles. The van der Waals surface area contributed by atoms with Crippen LogP contribution in [-0.2, 0) is 42.3 Å². The third kappa shape index (κ3) is 4.77. The molecule has 2 aromatic carbocycles. The van der Waals surface area contributed by atoms with Crippen molar-refractivity contribution in [1.29, 1.82) is 0 Å². The summed E-state index contributed by atoms with van der Waals surface area (Å²) in [5.74, 6) is 0. The zero-order valence-corrected chi connectivity index (χ0v) is 19.1. The summed E-state index contributed by atoms with van der Waals surface area (Å²) >= 11 is 0. The highest BCUT2D eigenvalue weighted by Crippen LogP contribution is 2.38. The van der Waals surface area contributed by atoms with Gasteiger partial charge in [-0.05, 0) is 98.5 Å². The van der Waals surface area contributed by atoms with Crippen LogP contribution in [0.3, 0.4) is 0 Å². The zero-order valence-electron chi connectivity index (χ0n) is 18.3. The van der Waals surface area contributed by atoms with E-state index in [9.17, 15) is 13.2 Å². The number of anilines is 1. The van der Waals surface area contributed by atoms with E-state index in [1.807, 2.05) is 7.05 Å². The number of rotatable bonds is 7.